The molecule has 0 fully saturated rings. The normalized spacial score (nSPS) is 19.6. The van der Waals surface area contributed by atoms with Crippen LogP contribution in [0.2, 0.25) is 0 Å². The van der Waals surface area contributed by atoms with Gasteiger partial charge in [-0.3, -0.25) is 0 Å². The summed E-state index contributed by atoms with van der Waals surface area (Å²) in [6.45, 7) is 5.39. The van der Waals surface area contributed by atoms with E-state index in [4.69, 9.17) is 4.74 Å². The van der Waals surface area contributed by atoms with Gasteiger partial charge in [-0.2, -0.15) is 4.98 Å². The third-order valence-corrected chi connectivity index (χ3v) is 4.00. The van der Waals surface area contributed by atoms with Crippen molar-refractivity contribution in [3.8, 4) is 5.88 Å². The van der Waals surface area contributed by atoms with Crippen molar-refractivity contribution in [1.29, 1.82) is 0 Å². The third kappa shape index (κ3) is 2.02. The summed E-state index contributed by atoms with van der Waals surface area (Å²) >= 11 is 1.80. The molecule has 5 heteroatoms. The van der Waals surface area contributed by atoms with Crippen LogP contribution in [-0.2, 0) is 0 Å². The minimum Gasteiger partial charge on any atom is -0.479 e. The minimum atomic E-state index is 0.567. The van der Waals surface area contributed by atoms with Crippen molar-refractivity contribution in [1.82, 2.24) is 9.97 Å². The van der Waals surface area contributed by atoms with E-state index >= 15 is 0 Å². The fourth-order valence-electron chi connectivity index (χ4n) is 1.51. The van der Waals surface area contributed by atoms with E-state index in [1.165, 1.54) is 0 Å². The predicted octanol–water partition coefficient (Wildman–Crippen LogP) is 2.03. The smallest absolute Gasteiger partial charge is 0.241 e. The maximum atomic E-state index is 5.18. The number of nitrogens with zero attached hydrogens (tertiary/aromatic N) is 2. The Morgan fingerprint density at radius 3 is 3.00 bits per heavy atom. The molecular formula is C10H15N3OS. The van der Waals surface area contributed by atoms with E-state index in [-0.39, 0.29) is 0 Å². The molecule has 0 aliphatic carbocycles. The molecule has 0 spiro atoms. The van der Waals surface area contributed by atoms with Crippen molar-refractivity contribution < 1.29 is 4.74 Å². The van der Waals surface area contributed by atoms with Gasteiger partial charge in [0.1, 0.15) is 17.0 Å². The van der Waals surface area contributed by atoms with Crippen LogP contribution in [0.1, 0.15) is 13.8 Å². The lowest BCUT2D eigenvalue weighted by molar-refractivity contribution is 0.396. The molecular weight excluding hydrogens is 210 g/mol. The predicted molar refractivity (Wildman–Crippen MR) is 61.6 cm³/mol. The highest BCUT2D eigenvalue weighted by Gasteiger charge is 2.25. The Balaban J connectivity index is 2.27. The lowest BCUT2D eigenvalue weighted by Crippen LogP contribution is -2.26. The highest BCUT2D eigenvalue weighted by Crippen LogP contribution is 2.39. The average Bonchev–Trinajstić information content (AvgIpc) is 2.27. The van der Waals surface area contributed by atoms with E-state index in [0.29, 0.717) is 17.0 Å². The van der Waals surface area contributed by atoms with Crippen LogP contribution in [0.3, 0.4) is 0 Å². The SMILES string of the molecule is COc1ncnc2c1NCC(C(C)C)S2. The zero-order valence-corrected chi connectivity index (χ0v) is 9.97. The molecule has 0 amide bonds. The summed E-state index contributed by atoms with van der Waals surface area (Å²) in [4.78, 5) is 8.34. The number of methoxy groups -OCH3 is 1. The van der Waals surface area contributed by atoms with Crippen molar-refractivity contribution >= 4 is 17.4 Å². The fourth-order valence-corrected chi connectivity index (χ4v) is 2.62. The summed E-state index contributed by atoms with van der Waals surface area (Å²) in [5.74, 6) is 1.27. The largest absolute Gasteiger partial charge is 0.479 e. The van der Waals surface area contributed by atoms with Crippen molar-refractivity contribution in [3.63, 3.8) is 0 Å². The summed E-state index contributed by atoms with van der Waals surface area (Å²) in [6.07, 6.45) is 1.55. The second kappa shape index (κ2) is 4.26. The van der Waals surface area contributed by atoms with E-state index < -0.39 is 0 Å². The average molecular weight is 225 g/mol. The maximum Gasteiger partial charge on any atom is 0.241 e. The number of anilines is 1. The summed E-state index contributed by atoms with van der Waals surface area (Å²) in [7, 11) is 1.63. The first-order chi connectivity index (χ1) is 7.22. The van der Waals surface area contributed by atoms with Crippen molar-refractivity contribution in [3.05, 3.63) is 6.33 Å². The number of nitrogens with one attached hydrogen (secondary N) is 1. The van der Waals surface area contributed by atoms with E-state index in [1.54, 1.807) is 25.2 Å². The first-order valence-corrected chi connectivity index (χ1v) is 5.90. The molecule has 82 valence electrons. The molecule has 1 aromatic heterocycles. The molecule has 1 atom stereocenters. The highest BCUT2D eigenvalue weighted by atomic mass is 32.2. The van der Waals surface area contributed by atoms with Gasteiger partial charge in [-0.25, -0.2) is 4.98 Å². The van der Waals surface area contributed by atoms with Gasteiger partial charge in [-0.1, -0.05) is 25.6 Å². The Morgan fingerprint density at radius 1 is 1.53 bits per heavy atom. The van der Waals surface area contributed by atoms with E-state index in [0.717, 1.165) is 17.3 Å². The van der Waals surface area contributed by atoms with E-state index in [2.05, 4.69) is 29.1 Å². The second-order valence-corrected chi connectivity index (χ2v) is 5.07. The summed E-state index contributed by atoms with van der Waals surface area (Å²) < 4.78 is 5.18. The first-order valence-electron chi connectivity index (χ1n) is 5.02. The van der Waals surface area contributed by atoms with Crippen LogP contribution in [0, 0.1) is 5.92 Å². The van der Waals surface area contributed by atoms with Gasteiger partial charge in [-0.05, 0) is 5.92 Å². The van der Waals surface area contributed by atoms with Gasteiger partial charge in [0, 0.05) is 11.8 Å². The van der Waals surface area contributed by atoms with Gasteiger partial charge in [0.2, 0.25) is 5.88 Å². The molecule has 1 aliphatic heterocycles. The Bertz CT molecular complexity index is 357. The summed E-state index contributed by atoms with van der Waals surface area (Å²) in [5, 5.41) is 4.90. The third-order valence-electron chi connectivity index (χ3n) is 2.46. The summed E-state index contributed by atoms with van der Waals surface area (Å²) in [6, 6.07) is 0. The topological polar surface area (TPSA) is 47.0 Å². The number of aromatic nitrogens is 2. The Hall–Kier alpha value is -0.970. The zero-order valence-electron chi connectivity index (χ0n) is 9.15. The van der Waals surface area contributed by atoms with Gasteiger partial charge in [0.05, 0.1) is 7.11 Å². The minimum absolute atomic E-state index is 0.567. The zero-order chi connectivity index (χ0) is 10.8. The van der Waals surface area contributed by atoms with E-state index in [9.17, 15) is 0 Å². The molecule has 1 aromatic rings. The van der Waals surface area contributed by atoms with Gasteiger partial charge in [0.25, 0.3) is 0 Å². The molecule has 4 nitrogen and oxygen atoms in total. The van der Waals surface area contributed by atoms with Crippen molar-refractivity contribution in [2.75, 3.05) is 19.0 Å². The van der Waals surface area contributed by atoms with Crippen molar-refractivity contribution in [2.24, 2.45) is 5.92 Å². The molecule has 0 radical (unpaired) electrons. The molecule has 0 bridgehead atoms. The van der Waals surface area contributed by atoms with Crippen LogP contribution in [-0.4, -0.2) is 28.9 Å². The maximum absolute atomic E-state index is 5.18. The lowest BCUT2D eigenvalue weighted by Gasteiger charge is -2.27. The van der Waals surface area contributed by atoms with Crippen molar-refractivity contribution in [2.45, 2.75) is 24.1 Å². The molecule has 1 unspecified atom stereocenters. The van der Waals surface area contributed by atoms with Crippen LogP contribution < -0.4 is 10.1 Å². The van der Waals surface area contributed by atoms with Crippen LogP contribution in [0.4, 0.5) is 5.69 Å². The Morgan fingerprint density at radius 2 is 2.33 bits per heavy atom. The molecule has 15 heavy (non-hydrogen) atoms. The fraction of sp³-hybridized carbons (Fsp3) is 0.600. The standard InChI is InChI=1S/C10H15N3OS/c1-6(2)7-4-11-8-9(14-3)12-5-13-10(8)15-7/h5-7,11H,4H2,1-3H3. The molecule has 1 N–H and O–H groups in total. The second-order valence-electron chi connectivity index (χ2n) is 3.84. The number of ether oxygens (including phenoxy) is 1. The Kier molecular flexibility index (Phi) is 3.00. The number of thioether (sulfide) groups is 1. The molecule has 0 aromatic carbocycles. The Labute approximate surface area is 93.8 Å². The molecule has 1 aliphatic rings. The quantitative estimate of drug-likeness (QED) is 0.780. The lowest BCUT2D eigenvalue weighted by atomic mass is 10.1. The van der Waals surface area contributed by atoms with E-state index in [1.807, 2.05) is 0 Å². The van der Waals surface area contributed by atoms with Gasteiger partial charge >= 0.3 is 0 Å². The summed E-state index contributed by atoms with van der Waals surface area (Å²) in [5.41, 5.74) is 0.932. The molecule has 2 heterocycles. The van der Waals surface area contributed by atoms with Crippen LogP contribution in [0.15, 0.2) is 11.4 Å². The molecule has 0 saturated heterocycles. The van der Waals surface area contributed by atoms with Crippen LogP contribution in [0.5, 0.6) is 5.88 Å². The van der Waals surface area contributed by atoms with Gasteiger partial charge in [0.15, 0.2) is 0 Å². The number of hydrogen-bond acceptors (Lipinski definition) is 5. The monoisotopic (exact) mass is 225 g/mol. The highest BCUT2D eigenvalue weighted by molar-refractivity contribution is 8.00. The van der Waals surface area contributed by atoms with Gasteiger partial charge < -0.3 is 10.1 Å². The first kappa shape index (κ1) is 10.5. The molecule has 0 saturated carbocycles. The van der Waals surface area contributed by atoms with Crippen LogP contribution in [0.25, 0.3) is 0 Å². The van der Waals surface area contributed by atoms with Crippen LogP contribution >= 0.6 is 11.8 Å². The van der Waals surface area contributed by atoms with Gasteiger partial charge in [-0.15, -0.1) is 0 Å². The number of hydrogen-bond donors (Lipinski definition) is 1. The molecule has 2 rings (SSSR count). The number of fused-ring (bicyclic) bond motifs is 1. The number of rotatable bonds is 2.